The molecule has 1 aliphatic carbocycles. The van der Waals surface area contributed by atoms with Gasteiger partial charge in [0.05, 0.1) is 36.5 Å². The van der Waals surface area contributed by atoms with Gasteiger partial charge in [-0.3, -0.25) is 9.08 Å². The standard InChI is InChI=1S/C18H15N7O/c19-4-3-15(12-1-2-12)25-10-13(8-22-25)18-23-14(16-9-20-11-26-16)7-17-21-5-6-24(17)18/h5-12,15H,1-3H2. The van der Waals surface area contributed by atoms with Crippen LogP contribution in [0.4, 0.5) is 0 Å². The first-order valence-corrected chi connectivity index (χ1v) is 8.48. The Kier molecular flexibility index (Phi) is 3.31. The molecular weight excluding hydrogens is 330 g/mol. The lowest BCUT2D eigenvalue weighted by atomic mass is 10.1. The average Bonchev–Trinajstić information content (AvgIpc) is 3.11. The van der Waals surface area contributed by atoms with Gasteiger partial charge in [0.25, 0.3) is 0 Å². The number of hydrogen-bond donors (Lipinski definition) is 0. The zero-order valence-corrected chi connectivity index (χ0v) is 13.9. The Hall–Kier alpha value is -3.47. The van der Waals surface area contributed by atoms with Crippen LogP contribution in [0.5, 0.6) is 0 Å². The first-order valence-electron chi connectivity index (χ1n) is 8.48. The van der Waals surface area contributed by atoms with Crippen molar-refractivity contribution < 1.29 is 4.42 Å². The van der Waals surface area contributed by atoms with Crippen molar-refractivity contribution in [2.45, 2.75) is 25.3 Å². The summed E-state index contributed by atoms with van der Waals surface area (Å²) in [7, 11) is 0. The molecule has 1 saturated carbocycles. The molecule has 0 bridgehead atoms. The van der Waals surface area contributed by atoms with Crippen molar-refractivity contribution in [1.29, 1.82) is 5.26 Å². The Morgan fingerprint density at radius 1 is 1.35 bits per heavy atom. The SMILES string of the molecule is N#CCC(C1CC1)n1cc(-c2nc(-c3cnco3)cc3nccn23)cn1. The second kappa shape index (κ2) is 5.81. The molecule has 0 aromatic carbocycles. The Morgan fingerprint density at radius 3 is 3.04 bits per heavy atom. The summed E-state index contributed by atoms with van der Waals surface area (Å²) in [5, 5.41) is 13.6. The zero-order chi connectivity index (χ0) is 17.5. The lowest BCUT2D eigenvalue weighted by Gasteiger charge is -2.12. The fourth-order valence-electron chi connectivity index (χ4n) is 3.28. The molecule has 0 spiro atoms. The Bertz CT molecular complexity index is 1100. The Labute approximate surface area is 148 Å². The number of fused-ring (bicyclic) bond motifs is 1. The number of aromatic nitrogens is 6. The second-order valence-corrected chi connectivity index (χ2v) is 6.46. The van der Waals surface area contributed by atoms with Crippen molar-refractivity contribution in [1.82, 2.24) is 29.1 Å². The monoisotopic (exact) mass is 345 g/mol. The second-order valence-electron chi connectivity index (χ2n) is 6.46. The normalized spacial score (nSPS) is 15.2. The van der Waals surface area contributed by atoms with Gasteiger partial charge in [0.2, 0.25) is 0 Å². The highest BCUT2D eigenvalue weighted by molar-refractivity contribution is 5.65. The van der Waals surface area contributed by atoms with Crippen LogP contribution in [0.25, 0.3) is 28.5 Å². The van der Waals surface area contributed by atoms with Crippen LogP contribution in [-0.2, 0) is 0 Å². The number of oxazole rings is 1. The third-order valence-corrected chi connectivity index (χ3v) is 4.74. The quantitative estimate of drug-likeness (QED) is 0.551. The van der Waals surface area contributed by atoms with Crippen LogP contribution in [0.1, 0.15) is 25.3 Å². The summed E-state index contributed by atoms with van der Waals surface area (Å²) in [6.45, 7) is 0. The highest BCUT2D eigenvalue weighted by Gasteiger charge is 2.33. The highest BCUT2D eigenvalue weighted by atomic mass is 16.3. The first-order chi connectivity index (χ1) is 12.8. The molecule has 1 fully saturated rings. The molecule has 1 unspecified atom stereocenters. The van der Waals surface area contributed by atoms with Gasteiger partial charge in [-0.15, -0.1) is 0 Å². The summed E-state index contributed by atoms with van der Waals surface area (Å²) in [5.41, 5.74) is 2.31. The maximum Gasteiger partial charge on any atom is 0.181 e. The van der Waals surface area contributed by atoms with Crippen LogP contribution in [0.2, 0.25) is 0 Å². The Balaban J connectivity index is 1.61. The number of rotatable bonds is 5. The van der Waals surface area contributed by atoms with Crippen LogP contribution in [0.3, 0.4) is 0 Å². The number of hydrogen-bond acceptors (Lipinski definition) is 6. The van der Waals surface area contributed by atoms with Crippen molar-refractivity contribution in [3.63, 3.8) is 0 Å². The lowest BCUT2D eigenvalue weighted by Crippen LogP contribution is -2.11. The predicted octanol–water partition coefficient (Wildman–Crippen LogP) is 3.11. The minimum absolute atomic E-state index is 0.129. The summed E-state index contributed by atoms with van der Waals surface area (Å²) >= 11 is 0. The molecule has 0 saturated heterocycles. The molecule has 26 heavy (non-hydrogen) atoms. The number of nitrogens with zero attached hydrogens (tertiary/aromatic N) is 7. The van der Waals surface area contributed by atoms with E-state index in [-0.39, 0.29) is 6.04 Å². The third-order valence-electron chi connectivity index (χ3n) is 4.74. The maximum atomic E-state index is 9.12. The molecule has 0 N–H and O–H groups in total. The molecule has 4 heterocycles. The van der Waals surface area contributed by atoms with Gasteiger partial charge in [0, 0.05) is 24.7 Å². The number of imidazole rings is 1. The van der Waals surface area contributed by atoms with Crippen LogP contribution in [0, 0.1) is 17.2 Å². The molecule has 0 aliphatic heterocycles. The van der Waals surface area contributed by atoms with Crippen molar-refractivity contribution in [2.24, 2.45) is 5.92 Å². The van der Waals surface area contributed by atoms with Crippen molar-refractivity contribution in [2.75, 3.05) is 0 Å². The molecule has 0 radical (unpaired) electrons. The highest BCUT2D eigenvalue weighted by Crippen LogP contribution is 2.41. The maximum absolute atomic E-state index is 9.12. The van der Waals surface area contributed by atoms with Crippen LogP contribution in [-0.4, -0.2) is 29.1 Å². The van der Waals surface area contributed by atoms with Gasteiger partial charge < -0.3 is 4.42 Å². The van der Waals surface area contributed by atoms with E-state index in [0.717, 1.165) is 29.9 Å². The first kappa shape index (κ1) is 14.8. The number of nitriles is 1. The van der Waals surface area contributed by atoms with E-state index in [1.807, 2.05) is 27.5 Å². The Morgan fingerprint density at radius 2 is 2.27 bits per heavy atom. The predicted molar refractivity (Wildman–Crippen MR) is 91.7 cm³/mol. The summed E-state index contributed by atoms with van der Waals surface area (Å²) in [6.07, 6.45) is 13.2. The molecule has 128 valence electrons. The van der Waals surface area contributed by atoms with Crippen LogP contribution < -0.4 is 0 Å². The van der Waals surface area contributed by atoms with Crippen molar-refractivity contribution >= 4 is 5.65 Å². The fraction of sp³-hybridized carbons (Fsp3) is 0.278. The molecule has 4 aromatic rings. The fourth-order valence-corrected chi connectivity index (χ4v) is 3.28. The van der Waals surface area contributed by atoms with Crippen LogP contribution in [0.15, 0.2) is 47.9 Å². The van der Waals surface area contributed by atoms with Gasteiger partial charge in [-0.1, -0.05) is 0 Å². The van der Waals surface area contributed by atoms with E-state index in [9.17, 15) is 0 Å². The molecular formula is C18H15N7O. The van der Waals surface area contributed by atoms with Gasteiger partial charge in [-0.2, -0.15) is 10.4 Å². The summed E-state index contributed by atoms with van der Waals surface area (Å²) in [5.74, 6) is 1.86. The van der Waals surface area contributed by atoms with E-state index < -0.39 is 0 Å². The minimum Gasteiger partial charge on any atom is -0.442 e. The van der Waals surface area contributed by atoms with Gasteiger partial charge in [-0.05, 0) is 18.8 Å². The van der Waals surface area contributed by atoms with Crippen molar-refractivity contribution in [3.05, 3.63) is 43.4 Å². The summed E-state index contributed by atoms with van der Waals surface area (Å²) in [6, 6.07) is 4.27. The van der Waals surface area contributed by atoms with Gasteiger partial charge in [0.1, 0.15) is 17.2 Å². The molecule has 0 amide bonds. The minimum atomic E-state index is 0.129. The molecule has 1 atom stereocenters. The van der Waals surface area contributed by atoms with Gasteiger partial charge in [-0.25, -0.2) is 15.0 Å². The third kappa shape index (κ3) is 2.45. The zero-order valence-electron chi connectivity index (χ0n) is 13.9. The van der Waals surface area contributed by atoms with E-state index in [0.29, 0.717) is 23.8 Å². The molecule has 8 nitrogen and oxygen atoms in total. The van der Waals surface area contributed by atoms with E-state index in [1.54, 1.807) is 18.6 Å². The average molecular weight is 345 g/mol. The largest absolute Gasteiger partial charge is 0.442 e. The van der Waals surface area contributed by atoms with Crippen LogP contribution >= 0.6 is 0 Å². The van der Waals surface area contributed by atoms with E-state index in [4.69, 9.17) is 14.7 Å². The topological polar surface area (TPSA) is 97.8 Å². The van der Waals surface area contributed by atoms with E-state index in [2.05, 4.69) is 21.1 Å². The molecule has 1 aliphatic rings. The van der Waals surface area contributed by atoms with Gasteiger partial charge in [0.15, 0.2) is 12.2 Å². The lowest BCUT2D eigenvalue weighted by molar-refractivity contribution is 0.412. The summed E-state index contributed by atoms with van der Waals surface area (Å²) < 4.78 is 9.20. The summed E-state index contributed by atoms with van der Waals surface area (Å²) in [4.78, 5) is 13.1. The molecule has 5 rings (SSSR count). The van der Waals surface area contributed by atoms with E-state index >= 15 is 0 Å². The van der Waals surface area contributed by atoms with Crippen molar-refractivity contribution in [3.8, 4) is 28.9 Å². The molecule has 4 aromatic heterocycles. The van der Waals surface area contributed by atoms with Gasteiger partial charge >= 0.3 is 0 Å². The van der Waals surface area contributed by atoms with E-state index in [1.165, 1.54) is 6.39 Å². The molecule has 8 heteroatoms. The smallest absolute Gasteiger partial charge is 0.181 e.